The molecular weight excluding hydrogens is 400 g/mol. The summed E-state index contributed by atoms with van der Waals surface area (Å²) in [6, 6.07) is 23.0. The molecule has 3 aromatic carbocycles. The third-order valence-corrected chi connectivity index (χ3v) is 5.62. The van der Waals surface area contributed by atoms with Crippen molar-refractivity contribution in [1.29, 1.82) is 0 Å². The van der Waals surface area contributed by atoms with Crippen LogP contribution in [0.1, 0.15) is 21.5 Å². The van der Waals surface area contributed by atoms with Crippen LogP contribution in [0.2, 0.25) is 0 Å². The molecule has 0 saturated heterocycles. The van der Waals surface area contributed by atoms with Crippen molar-refractivity contribution in [3.8, 4) is 0 Å². The van der Waals surface area contributed by atoms with E-state index in [0.29, 0.717) is 30.0 Å². The van der Waals surface area contributed by atoms with Gasteiger partial charge in [-0.25, -0.2) is 0 Å². The Balaban J connectivity index is 1.37. The standard InChI is InChI=1S/C26H28N4O2/c27-23-6-2-4-8-25(23)29-26(32)20-11-9-19(10-12-20)18-30(15-16-31)14-13-21-17-28-24-7-3-1-5-22(21)24/h1-12,17,28,31H,13-16,18,27H2,(H,29,32). The molecule has 5 N–H and O–H groups in total. The molecule has 0 aliphatic carbocycles. The van der Waals surface area contributed by atoms with Crippen molar-refractivity contribution in [3.63, 3.8) is 0 Å². The largest absolute Gasteiger partial charge is 0.397 e. The molecule has 0 fully saturated rings. The van der Waals surface area contributed by atoms with E-state index in [1.165, 1.54) is 10.9 Å². The van der Waals surface area contributed by atoms with Gasteiger partial charge >= 0.3 is 0 Å². The molecule has 0 aliphatic heterocycles. The molecule has 0 spiro atoms. The number of benzene rings is 3. The van der Waals surface area contributed by atoms with Crippen LogP contribution in [-0.4, -0.2) is 40.6 Å². The van der Waals surface area contributed by atoms with E-state index in [9.17, 15) is 9.90 Å². The minimum absolute atomic E-state index is 0.104. The number of nitrogens with one attached hydrogen (secondary N) is 2. The number of rotatable bonds is 9. The third-order valence-electron chi connectivity index (χ3n) is 5.62. The quantitative estimate of drug-likeness (QED) is 0.303. The molecule has 0 unspecified atom stereocenters. The summed E-state index contributed by atoms with van der Waals surface area (Å²) in [5, 5.41) is 13.6. The van der Waals surface area contributed by atoms with Crippen LogP contribution in [0.5, 0.6) is 0 Å². The highest BCUT2D eigenvalue weighted by Crippen LogP contribution is 2.20. The number of carbonyl (C=O) groups is 1. The fourth-order valence-corrected chi connectivity index (χ4v) is 3.85. The van der Waals surface area contributed by atoms with Crippen molar-refractivity contribution in [2.24, 2.45) is 0 Å². The summed E-state index contributed by atoms with van der Waals surface area (Å²) in [5.41, 5.74) is 11.1. The van der Waals surface area contributed by atoms with Crippen molar-refractivity contribution in [1.82, 2.24) is 9.88 Å². The molecule has 4 aromatic rings. The number of nitrogen functional groups attached to an aromatic ring is 1. The van der Waals surface area contributed by atoms with Gasteiger partial charge in [0, 0.05) is 42.3 Å². The highest BCUT2D eigenvalue weighted by molar-refractivity contribution is 6.05. The van der Waals surface area contributed by atoms with Gasteiger partial charge in [-0.05, 0) is 47.9 Å². The first-order valence-electron chi connectivity index (χ1n) is 10.8. The fourth-order valence-electron chi connectivity index (χ4n) is 3.85. The second-order valence-corrected chi connectivity index (χ2v) is 7.85. The molecular formula is C26H28N4O2. The van der Waals surface area contributed by atoms with Crippen molar-refractivity contribution < 1.29 is 9.90 Å². The van der Waals surface area contributed by atoms with E-state index >= 15 is 0 Å². The number of aromatic nitrogens is 1. The summed E-state index contributed by atoms with van der Waals surface area (Å²) in [4.78, 5) is 18.1. The van der Waals surface area contributed by atoms with Crippen LogP contribution in [0.15, 0.2) is 79.0 Å². The number of aromatic amines is 1. The molecule has 1 aromatic heterocycles. The van der Waals surface area contributed by atoms with E-state index in [1.807, 2.05) is 42.5 Å². The molecule has 32 heavy (non-hydrogen) atoms. The van der Waals surface area contributed by atoms with Gasteiger partial charge < -0.3 is 21.1 Å². The summed E-state index contributed by atoms with van der Waals surface area (Å²) in [5.74, 6) is -0.194. The first-order chi connectivity index (χ1) is 15.6. The van der Waals surface area contributed by atoms with Crippen molar-refractivity contribution in [2.75, 3.05) is 30.7 Å². The lowest BCUT2D eigenvalue weighted by molar-refractivity contribution is 0.102. The van der Waals surface area contributed by atoms with Gasteiger partial charge in [-0.2, -0.15) is 0 Å². The summed E-state index contributed by atoms with van der Waals surface area (Å²) in [6.45, 7) is 2.24. The summed E-state index contributed by atoms with van der Waals surface area (Å²) < 4.78 is 0. The number of nitrogens with two attached hydrogens (primary N) is 1. The second-order valence-electron chi connectivity index (χ2n) is 7.85. The number of nitrogens with zero attached hydrogens (tertiary/aromatic N) is 1. The molecule has 6 heteroatoms. The Morgan fingerprint density at radius 3 is 2.50 bits per heavy atom. The lowest BCUT2D eigenvalue weighted by atomic mass is 10.1. The predicted octanol–water partition coefficient (Wildman–Crippen LogP) is 4.04. The minimum atomic E-state index is -0.194. The number of aliphatic hydroxyl groups is 1. The molecule has 0 bridgehead atoms. The Morgan fingerprint density at radius 1 is 0.969 bits per heavy atom. The molecule has 0 radical (unpaired) electrons. The molecule has 0 atom stereocenters. The van der Waals surface area contributed by atoms with E-state index in [1.54, 1.807) is 12.1 Å². The summed E-state index contributed by atoms with van der Waals surface area (Å²) >= 11 is 0. The lowest BCUT2D eigenvalue weighted by Gasteiger charge is -2.21. The molecule has 1 heterocycles. The molecule has 1 amide bonds. The third kappa shape index (κ3) is 5.17. The summed E-state index contributed by atoms with van der Waals surface area (Å²) in [6.07, 6.45) is 2.96. The Morgan fingerprint density at radius 2 is 1.72 bits per heavy atom. The lowest BCUT2D eigenvalue weighted by Crippen LogP contribution is -2.28. The number of anilines is 2. The van der Waals surface area contributed by atoms with Crippen LogP contribution >= 0.6 is 0 Å². The van der Waals surface area contributed by atoms with Crippen molar-refractivity contribution in [3.05, 3.63) is 95.7 Å². The molecule has 164 valence electrons. The van der Waals surface area contributed by atoms with Gasteiger partial charge in [0.25, 0.3) is 5.91 Å². The zero-order valence-corrected chi connectivity index (χ0v) is 17.9. The highest BCUT2D eigenvalue weighted by atomic mass is 16.3. The Bertz CT molecular complexity index is 1180. The van der Waals surface area contributed by atoms with Crippen LogP contribution in [-0.2, 0) is 13.0 Å². The maximum atomic E-state index is 12.5. The van der Waals surface area contributed by atoms with E-state index in [2.05, 4.69) is 39.6 Å². The number of aliphatic hydroxyl groups excluding tert-OH is 1. The van der Waals surface area contributed by atoms with Gasteiger partial charge in [-0.3, -0.25) is 9.69 Å². The molecule has 6 nitrogen and oxygen atoms in total. The zero-order valence-electron chi connectivity index (χ0n) is 17.9. The Hall–Kier alpha value is -3.61. The second kappa shape index (κ2) is 10.1. The van der Waals surface area contributed by atoms with Gasteiger partial charge in [0.05, 0.1) is 18.0 Å². The van der Waals surface area contributed by atoms with Gasteiger partial charge in [0.2, 0.25) is 0 Å². The van der Waals surface area contributed by atoms with E-state index in [-0.39, 0.29) is 12.5 Å². The Labute approximate surface area is 187 Å². The number of fused-ring (bicyclic) bond motifs is 1. The number of amides is 1. The van der Waals surface area contributed by atoms with Gasteiger partial charge in [-0.1, -0.05) is 42.5 Å². The number of para-hydroxylation sites is 3. The number of hydrogen-bond acceptors (Lipinski definition) is 4. The first kappa shape index (κ1) is 21.6. The zero-order chi connectivity index (χ0) is 22.3. The highest BCUT2D eigenvalue weighted by Gasteiger charge is 2.11. The van der Waals surface area contributed by atoms with Gasteiger partial charge in [0.15, 0.2) is 0 Å². The summed E-state index contributed by atoms with van der Waals surface area (Å²) in [7, 11) is 0. The number of H-pyrrole nitrogens is 1. The average Bonchev–Trinajstić information content (AvgIpc) is 3.23. The smallest absolute Gasteiger partial charge is 0.255 e. The first-order valence-corrected chi connectivity index (χ1v) is 10.8. The van der Waals surface area contributed by atoms with Crippen LogP contribution in [0.25, 0.3) is 10.9 Å². The van der Waals surface area contributed by atoms with Crippen molar-refractivity contribution in [2.45, 2.75) is 13.0 Å². The maximum absolute atomic E-state index is 12.5. The molecule has 0 saturated carbocycles. The minimum Gasteiger partial charge on any atom is -0.397 e. The molecule has 0 aliphatic rings. The van der Waals surface area contributed by atoms with E-state index in [0.717, 1.165) is 24.0 Å². The average molecular weight is 429 g/mol. The monoisotopic (exact) mass is 428 g/mol. The van der Waals surface area contributed by atoms with Crippen molar-refractivity contribution >= 4 is 28.2 Å². The van der Waals surface area contributed by atoms with E-state index in [4.69, 9.17) is 5.73 Å². The molecule has 4 rings (SSSR count). The van der Waals surface area contributed by atoms with Crippen LogP contribution < -0.4 is 11.1 Å². The Kier molecular flexibility index (Phi) is 6.84. The van der Waals surface area contributed by atoms with E-state index < -0.39 is 0 Å². The number of carbonyl (C=O) groups excluding carboxylic acids is 1. The van der Waals surface area contributed by atoms with Crippen LogP contribution in [0.4, 0.5) is 11.4 Å². The van der Waals surface area contributed by atoms with Crippen LogP contribution in [0, 0.1) is 0 Å². The predicted molar refractivity (Wildman–Crippen MR) is 130 cm³/mol. The SMILES string of the molecule is Nc1ccccc1NC(=O)c1ccc(CN(CCO)CCc2c[nH]c3ccccc23)cc1. The topological polar surface area (TPSA) is 94.4 Å². The number of hydrogen-bond donors (Lipinski definition) is 4. The van der Waals surface area contributed by atoms with Crippen LogP contribution in [0.3, 0.4) is 0 Å². The fraction of sp³-hybridized carbons (Fsp3) is 0.192. The van der Waals surface area contributed by atoms with Gasteiger partial charge in [-0.15, -0.1) is 0 Å². The maximum Gasteiger partial charge on any atom is 0.255 e. The normalized spacial score (nSPS) is 11.2. The van der Waals surface area contributed by atoms with Gasteiger partial charge in [0.1, 0.15) is 0 Å².